The average molecular weight is 323 g/mol. The van der Waals surface area contributed by atoms with Gasteiger partial charge in [0.2, 0.25) is 5.95 Å². The fourth-order valence-electron chi connectivity index (χ4n) is 4.31. The minimum atomic E-state index is -0.133. The van der Waals surface area contributed by atoms with Gasteiger partial charge in [-0.05, 0) is 44.5 Å². The Hall–Kier alpha value is -2.21. The molecule has 0 saturated carbocycles. The van der Waals surface area contributed by atoms with Gasteiger partial charge in [-0.2, -0.15) is 0 Å². The van der Waals surface area contributed by atoms with Gasteiger partial charge in [-0.25, -0.2) is 9.97 Å². The molecule has 2 aromatic rings. The maximum atomic E-state index is 5.94. The molecule has 1 spiro atoms. The molecule has 6 rings (SSSR count). The van der Waals surface area contributed by atoms with E-state index in [0.29, 0.717) is 11.9 Å². The lowest BCUT2D eigenvalue weighted by atomic mass is 9.73. The predicted octanol–water partition coefficient (Wildman–Crippen LogP) is 2.55. The Bertz CT molecular complexity index is 827. The highest BCUT2D eigenvalue weighted by Crippen LogP contribution is 2.43. The first-order chi connectivity index (χ1) is 11.7. The molecule has 0 unspecified atom stereocenters. The van der Waals surface area contributed by atoms with Gasteiger partial charge >= 0.3 is 0 Å². The molecule has 1 atom stereocenters. The second-order valence-electron chi connectivity index (χ2n) is 7.30. The Labute approximate surface area is 140 Å². The number of amidine groups is 1. The van der Waals surface area contributed by atoms with Gasteiger partial charge in [0.15, 0.2) is 11.4 Å². The van der Waals surface area contributed by atoms with E-state index in [0.717, 1.165) is 29.7 Å². The molecule has 2 bridgehead atoms. The molecule has 1 aromatic heterocycles. The summed E-state index contributed by atoms with van der Waals surface area (Å²) >= 11 is 0. The van der Waals surface area contributed by atoms with Crippen molar-refractivity contribution in [3.8, 4) is 0 Å². The van der Waals surface area contributed by atoms with Crippen LogP contribution in [0.3, 0.4) is 0 Å². The number of piperidine rings is 3. The van der Waals surface area contributed by atoms with Crippen molar-refractivity contribution in [3.05, 3.63) is 30.0 Å². The number of benzene rings is 1. The molecule has 24 heavy (non-hydrogen) atoms. The third-order valence-corrected chi connectivity index (χ3v) is 5.62. The van der Waals surface area contributed by atoms with Gasteiger partial charge < -0.3 is 10.2 Å². The molecule has 4 aliphatic heterocycles. The van der Waals surface area contributed by atoms with E-state index in [1.807, 2.05) is 12.3 Å². The summed E-state index contributed by atoms with van der Waals surface area (Å²) in [4.78, 5) is 17.5. The van der Waals surface area contributed by atoms with Gasteiger partial charge in [0.1, 0.15) is 0 Å². The van der Waals surface area contributed by atoms with Crippen LogP contribution in [0.15, 0.2) is 29.6 Å². The van der Waals surface area contributed by atoms with Gasteiger partial charge in [-0.15, -0.1) is 0 Å². The Morgan fingerprint density at radius 1 is 1.29 bits per heavy atom. The maximum absolute atomic E-state index is 5.94. The number of anilines is 1. The van der Waals surface area contributed by atoms with Gasteiger partial charge in [0.05, 0.1) is 11.9 Å². The average Bonchev–Trinajstić information content (AvgIpc) is 2.97. The van der Waals surface area contributed by atoms with E-state index in [2.05, 4.69) is 44.4 Å². The first-order valence-corrected chi connectivity index (χ1v) is 8.68. The van der Waals surface area contributed by atoms with Gasteiger partial charge in [0, 0.05) is 24.0 Å². The monoisotopic (exact) mass is 323 g/mol. The smallest absolute Gasteiger partial charge is 0.228 e. The highest BCUT2D eigenvalue weighted by atomic mass is 16.7. The van der Waals surface area contributed by atoms with E-state index in [1.165, 1.54) is 31.5 Å². The van der Waals surface area contributed by atoms with Crippen molar-refractivity contribution >= 4 is 22.7 Å². The van der Waals surface area contributed by atoms with Crippen molar-refractivity contribution in [2.75, 3.05) is 25.0 Å². The van der Waals surface area contributed by atoms with E-state index < -0.39 is 0 Å². The molecular weight excluding hydrogens is 302 g/mol. The van der Waals surface area contributed by atoms with Crippen LogP contribution in [0.4, 0.5) is 5.95 Å². The summed E-state index contributed by atoms with van der Waals surface area (Å²) in [5.41, 5.74) is 2.01. The number of nitrogens with one attached hydrogen (secondary N) is 1. The Morgan fingerprint density at radius 2 is 2.17 bits per heavy atom. The quantitative estimate of drug-likeness (QED) is 0.874. The van der Waals surface area contributed by atoms with Crippen LogP contribution in [0, 0.1) is 12.8 Å². The molecule has 0 amide bonds. The molecule has 1 N–H and O–H groups in total. The zero-order valence-electron chi connectivity index (χ0n) is 13.8. The molecule has 3 fully saturated rings. The predicted molar refractivity (Wildman–Crippen MR) is 92.9 cm³/mol. The molecule has 124 valence electrons. The number of aryl methyl sites for hydroxylation is 1. The number of fused-ring (bicyclic) bond motifs is 3. The summed E-state index contributed by atoms with van der Waals surface area (Å²) in [6.07, 6.45) is 5.11. The fraction of sp³-hybridized carbons (Fsp3) is 0.500. The second kappa shape index (κ2) is 5.14. The topological polar surface area (TPSA) is 62.6 Å². The van der Waals surface area contributed by atoms with E-state index in [1.54, 1.807) is 0 Å². The van der Waals surface area contributed by atoms with Crippen molar-refractivity contribution in [2.24, 2.45) is 11.1 Å². The standard InChI is InChI=1S/C18H21N5O/c1-12-2-3-13-10-19-17(20-15(13)8-12)21-16-9-18(24-22-16)11-23-6-4-14(18)5-7-23/h2-3,8,10,14H,4-7,9,11H2,1H3,(H,19,20,21,22)/t18-/m0/s1. The lowest BCUT2D eigenvalue weighted by molar-refractivity contribution is -0.136. The maximum Gasteiger partial charge on any atom is 0.228 e. The zero-order valence-corrected chi connectivity index (χ0v) is 13.8. The summed E-state index contributed by atoms with van der Waals surface area (Å²) in [6.45, 7) is 5.46. The molecule has 4 aliphatic rings. The van der Waals surface area contributed by atoms with Crippen LogP contribution < -0.4 is 5.32 Å². The molecule has 5 heterocycles. The van der Waals surface area contributed by atoms with Crippen LogP contribution in [0.5, 0.6) is 0 Å². The van der Waals surface area contributed by atoms with Gasteiger partial charge in [-0.3, -0.25) is 4.90 Å². The van der Waals surface area contributed by atoms with Crippen molar-refractivity contribution in [2.45, 2.75) is 31.8 Å². The lowest BCUT2D eigenvalue weighted by Crippen LogP contribution is -2.59. The fourth-order valence-corrected chi connectivity index (χ4v) is 4.31. The van der Waals surface area contributed by atoms with E-state index in [9.17, 15) is 0 Å². The largest absolute Gasteiger partial charge is 0.386 e. The van der Waals surface area contributed by atoms with Crippen LogP contribution >= 0.6 is 0 Å². The Morgan fingerprint density at radius 3 is 2.96 bits per heavy atom. The van der Waals surface area contributed by atoms with Crippen LogP contribution in [-0.4, -0.2) is 45.9 Å². The van der Waals surface area contributed by atoms with Crippen molar-refractivity contribution in [1.82, 2.24) is 14.9 Å². The Balaban J connectivity index is 1.35. The van der Waals surface area contributed by atoms with E-state index >= 15 is 0 Å². The highest BCUT2D eigenvalue weighted by molar-refractivity contribution is 5.96. The first-order valence-electron chi connectivity index (χ1n) is 8.68. The normalized spacial score (nSPS) is 31.3. The van der Waals surface area contributed by atoms with Crippen LogP contribution in [0.1, 0.15) is 24.8 Å². The first kappa shape index (κ1) is 14.2. The SMILES string of the molecule is Cc1ccc2cnc(NC3=NO[C@@]4(C3)CN3CCC4CC3)nc2c1. The molecule has 0 radical (unpaired) electrons. The third kappa shape index (κ3) is 2.24. The lowest BCUT2D eigenvalue weighted by Gasteiger charge is -2.49. The van der Waals surface area contributed by atoms with E-state index in [-0.39, 0.29) is 5.60 Å². The minimum absolute atomic E-state index is 0.133. The zero-order chi connectivity index (χ0) is 16.1. The summed E-state index contributed by atoms with van der Waals surface area (Å²) < 4.78 is 0. The number of aromatic nitrogens is 2. The van der Waals surface area contributed by atoms with Crippen LogP contribution in [-0.2, 0) is 4.84 Å². The number of oxime groups is 1. The molecule has 6 nitrogen and oxygen atoms in total. The molecule has 6 heteroatoms. The third-order valence-electron chi connectivity index (χ3n) is 5.62. The highest BCUT2D eigenvalue weighted by Gasteiger charge is 2.52. The molecular formula is C18H21N5O. The summed E-state index contributed by atoms with van der Waals surface area (Å²) in [5.74, 6) is 2.05. The number of hydrogen-bond acceptors (Lipinski definition) is 6. The van der Waals surface area contributed by atoms with E-state index in [4.69, 9.17) is 4.84 Å². The summed E-state index contributed by atoms with van der Waals surface area (Å²) in [5, 5.41) is 8.64. The number of nitrogens with zero attached hydrogens (tertiary/aromatic N) is 4. The van der Waals surface area contributed by atoms with Crippen LogP contribution in [0.25, 0.3) is 10.9 Å². The second-order valence-corrected chi connectivity index (χ2v) is 7.30. The van der Waals surface area contributed by atoms with Crippen molar-refractivity contribution in [3.63, 3.8) is 0 Å². The molecule has 1 aromatic carbocycles. The van der Waals surface area contributed by atoms with Gasteiger partial charge in [-0.1, -0.05) is 17.3 Å². The summed E-state index contributed by atoms with van der Waals surface area (Å²) in [6, 6.07) is 6.20. The number of hydrogen-bond donors (Lipinski definition) is 1. The number of rotatable bonds is 1. The van der Waals surface area contributed by atoms with Crippen molar-refractivity contribution in [1.29, 1.82) is 0 Å². The van der Waals surface area contributed by atoms with Gasteiger partial charge in [0.25, 0.3) is 0 Å². The Kier molecular flexibility index (Phi) is 3.03. The molecule has 3 saturated heterocycles. The molecule has 0 aliphatic carbocycles. The van der Waals surface area contributed by atoms with Crippen LogP contribution in [0.2, 0.25) is 0 Å². The minimum Gasteiger partial charge on any atom is -0.386 e. The summed E-state index contributed by atoms with van der Waals surface area (Å²) in [7, 11) is 0. The van der Waals surface area contributed by atoms with Crippen molar-refractivity contribution < 1.29 is 4.84 Å².